The number of rotatable bonds is 1. The predicted molar refractivity (Wildman–Crippen MR) is 42.2 cm³/mol. The van der Waals surface area contributed by atoms with E-state index in [-0.39, 0.29) is 5.91 Å². The van der Waals surface area contributed by atoms with Crippen molar-refractivity contribution < 1.29 is 4.79 Å². The third-order valence-corrected chi connectivity index (χ3v) is 1.42. The van der Waals surface area contributed by atoms with Crippen molar-refractivity contribution in [3.05, 3.63) is 11.8 Å². The Balaban J connectivity index is 2.81. The second-order valence-corrected chi connectivity index (χ2v) is 2.48. The van der Waals surface area contributed by atoms with Gasteiger partial charge in [-0.1, -0.05) is 0 Å². The van der Waals surface area contributed by atoms with Crippen molar-refractivity contribution in [2.45, 2.75) is 13.8 Å². The third kappa shape index (κ3) is 1.80. The van der Waals surface area contributed by atoms with Gasteiger partial charge in [-0.3, -0.25) is 9.48 Å². The zero-order valence-electron chi connectivity index (χ0n) is 6.88. The number of nitrogens with zero attached hydrogens (tertiary/aromatic N) is 2. The van der Waals surface area contributed by atoms with E-state index in [1.807, 2.05) is 20.0 Å². The monoisotopic (exact) mass is 153 g/mol. The predicted octanol–water partition coefficient (Wildman–Crippen LogP) is 0.687. The van der Waals surface area contributed by atoms with E-state index in [4.69, 9.17) is 0 Å². The zero-order valence-corrected chi connectivity index (χ0v) is 6.88. The molecule has 0 aliphatic rings. The van der Waals surface area contributed by atoms with Crippen molar-refractivity contribution in [3.8, 4) is 0 Å². The number of anilines is 1. The maximum absolute atomic E-state index is 10.6. The van der Waals surface area contributed by atoms with Crippen LogP contribution in [0.4, 0.5) is 5.82 Å². The van der Waals surface area contributed by atoms with Crippen LogP contribution in [-0.4, -0.2) is 15.7 Å². The summed E-state index contributed by atoms with van der Waals surface area (Å²) in [5.41, 5.74) is 1.02. The molecule has 1 aromatic heterocycles. The van der Waals surface area contributed by atoms with Crippen LogP contribution in [0.1, 0.15) is 12.6 Å². The van der Waals surface area contributed by atoms with E-state index in [2.05, 4.69) is 10.4 Å². The van der Waals surface area contributed by atoms with E-state index in [0.717, 1.165) is 5.69 Å². The van der Waals surface area contributed by atoms with E-state index in [1.54, 1.807) is 4.68 Å². The van der Waals surface area contributed by atoms with Gasteiger partial charge < -0.3 is 5.32 Å². The molecule has 0 unspecified atom stereocenters. The maximum Gasteiger partial charge on any atom is 0.222 e. The van der Waals surface area contributed by atoms with Crippen molar-refractivity contribution in [2.75, 3.05) is 5.32 Å². The van der Waals surface area contributed by atoms with Crippen LogP contribution in [0.5, 0.6) is 0 Å². The number of amides is 1. The average molecular weight is 153 g/mol. The van der Waals surface area contributed by atoms with Gasteiger partial charge in [0.25, 0.3) is 0 Å². The van der Waals surface area contributed by atoms with E-state index >= 15 is 0 Å². The van der Waals surface area contributed by atoms with Crippen LogP contribution in [0.25, 0.3) is 0 Å². The summed E-state index contributed by atoms with van der Waals surface area (Å²) in [6.07, 6.45) is 0. The van der Waals surface area contributed by atoms with Gasteiger partial charge in [-0.25, -0.2) is 0 Å². The smallest absolute Gasteiger partial charge is 0.222 e. The van der Waals surface area contributed by atoms with E-state index in [0.29, 0.717) is 5.82 Å². The minimum absolute atomic E-state index is 0.0944. The molecule has 0 fully saturated rings. The van der Waals surface area contributed by atoms with Gasteiger partial charge in [-0.15, -0.1) is 0 Å². The Kier molecular flexibility index (Phi) is 1.94. The van der Waals surface area contributed by atoms with Crippen molar-refractivity contribution >= 4 is 11.7 Å². The van der Waals surface area contributed by atoms with Crippen LogP contribution in [-0.2, 0) is 11.8 Å². The molecule has 0 aromatic carbocycles. The Morgan fingerprint density at radius 1 is 1.73 bits per heavy atom. The first kappa shape index (κ1) is 7.78. The van der Waals surface area contributed by atoms with Crippen LogP contribution in [0, 0.1) is 6.92 Å². The second-order valence-electron chi connectivity index (χ2n) is 2.48. The summed E-state index contributed by atoms with van der Waals surface area (Å²) >= 11 is 0. The van der Waals surface area contributed by atoms with Gasteiger partial charge in [0.1, 0.15) is 0 Å². The lowest BCUT2D eigenvalue weighted by atomic mass is 10.4. The van der Waals surface area contributed by atoms with Gasteiger partial charge in [0.15, 0.2) is 5.82 Å². The van der Waals surface area contributed by atoms with E-state index in [1.165, 1.54) is 6.92 Å². The summed E-state index contributed by atoms with van der Waals surface area (Å²) < 4.78 is 1.71. The highest BCUT2D eigenvalue weighted by Crippen LogP contribution is 2.05. The first-order valence-corrected chi connectivity index (χ1v) is 3.38. The van der Waals surface area contributed by atoms with Gasteiger partial charge in [0.05, 0.1) is 0 Å². The molecule has 11 heavy (non-hydrogen) atoms. The third-order valence-electron chi connectivity index (χ3n) is 1.42. The van der Waals surface area contributed by atoms with E-state index in [9.17, 15) is 4.79 Å². The lowest BCUT2D eigenvalue weighted by molar-refractivity contribution is -0.114. The number of carbonyl (C=O) groups excluding carboxylic acids is 1. The highest BCUT2D eigenvalue weighted by molar-refractivity contribution is 5.87. The molecule has 0 bridgehead atoms. The van der Waals surface area contributed by atoms with E-state index < -0.39 is 0 Å². The van der Waals surface area contributed by atoms with Crippen molar-refractivity contribution in [3.63, 3.8) is 0 Å². The molecule has 1 aromatic rings. The Bertz CT molecular complexity index is 258. The van der Waals surface area contributed by atoms with Crippen molar-refractivity contribution in [1.29, 1.82) is 0 Å². The maximum atomic E-state index is 10.6. The molecule has 4 nitrogen and oxygen atoms in total. The molecular weight excluding hydrogens is 142 g/mol. The minimum atomic E-state index is -0.0944. The molecule has 60 valence electrons. The average Bonchev–Trinajstić information content (AvgIpc) is 2.10. The van der Waals surface area contributed by atoms with Crippen LogP contribution in [0.3, 0.4) is 0 Å². The fourth-order valence-corrected chi connectivity index (χ4v) is 0.802. The number of aromatic nitrogens is 2. The highest BCUT2D eigenvalue weighted by Gasteiger charge is 2.00. The molecule has 0 spiro atoms. The normalized spacial score (nSPS) is 9.73. The number of nitrogens with one attached hydrogen (secondary N) is 1. The first-order chi connectivity index (χ1) is 5.09. The van der Waals surface area contributed by atoms with Crippen LogP contribution >= 0.6 is 0 Å². The minimum Gasteiger partial charge on any atom is -0.309 e. The molecule has 1 heterocycles. The highest BCUT2D eigenvalue weighted by atomic mass is 16.1. The summed E-state index contributed by atoms with van der Waals surface area (Å²) in [5.74, 6) is 0.514. The molecule has 0 radical (unpaired) electrons. The van der Waals surface area contributed by atoms with Gasteiger partial charge in [0.2, 0.25) is 5.91 Å². The lowest BCUT2D eigenvalue weighted by Gasteiger charge is -1.92. The number of aryl methyl sites for hydroxylation is 2. The zero-order chi connectivity index (χ0) is 8.43. The standard InChI is InChI=1S/C7H11N3O/c1-5-4-7(8-6(2)11)9-10(5)3/h4H,1-3H3,(H,8,9,11). The molecule has 0 atom stereocenters. The summed E-state index contributed by atoms with van der Waals surface area (Å²) in [5, 5.41) is 6.63. The number of carbonyl (C=O) groups is 1. The first-order valence-electron chi connectivity index (χ1n) is 3.38. The number of hydrogen-bond acceptors (Lipinski definition) is 2. The summed E-state index contributed by atoms with van der Waals surface area (Å²) in [6, 6.07) is 1.82. The molecule has 0 aliphatic carbocycles. The molecular formula is C7H11N3O. The van der Waals surface area contributed by atoms with Crippen LogP contribution in [0.15, 0.2) is 6.07 Å². The van der Waals surface area contributed by atoms with Gasteiger partial charge in [-0.05, 0) is 6.92 Å². The Labute approximate surface area is 65.2 Å². The van der Waals surface area contributed by atoms with Gasteiger partial charge in [-0.2, -0.15) is 5.10 Å². The molecule has 1 N–H and O–H groups in total. The quantitative estimate of drug-likeness (QED) is 0.645. The molecule has 1 rings (SSSR count). The van der Waals surface area contributed by atoms with Gasteiger partial charge in [0, 0.05) is 25.7 Å². The number of hydrogen-bond donors (Lipinski definition) is 1. The van der Waals surface area contributed by atoms with Crippen LogP contribution in [0.2, 0.25) is 0 Å². The molecule has 4 heteroatoms. The Morgan fingerprint density at radius 3 is 2.73 bits per heavy atom. The van der Waals surface area contributed by atoms with Crippen molar-refractivity contribution in [1.82, 2.24) is 9.78 Å². The SMILES string of the molecule is CC(=O)Nc1cc(C)n(C)n1. The summed E-state index contributed by atoms with van der Waals surface area (Å²) in [6.45, 7) is 3.39. The lowest BCUT2D eigenvalue weighted by Crippen LogP contribution is -2.06. The molecule has 0 saturated heterocycles. The largest absolute Gasteiger partial charge is 0.309 e. The summed E-state index contributed by atoms with van der Waals surface area (Å²) in [7, 11) is 1.83. The fourth-order valence-electron chi connectivity index (χ4n) is 0.802. The van der Waals surface area contributed by atoms with Gasteiger partial charge >= 0.3 is 0 Å². The second kappa shape index (κ2) is 2.74. The molecule has 1 amide bonds. The molecule has 0 aliphatic heterocycles. The molecule has 0 saturated carbocycles. The van der Waals surface area contributed by atoms with Crippen LogP contribution < -0.4 is 5.32 Å². The topological polar surface area (TPSA) is 46.9 Å². The summed E-state index contributed by atoms with van der Waals surface area (Å²) in [4.78, 5) is 10.6. The fraction of sp³-hybridized carbons (Fsp3) is 0.429. The Morgan fingerprint density at radius 2 is 2.36 bits per heavy atom. The van der Waals surface area contributed by atoms with Crippen molar-refractivity contribution in [2.24, 2.45) is 7.05 Å². The Hall–Kier alpha value is -1.32.